The normalized spacial score (nSPS) is 36.3. The van der Waals surface area contributed by atoms with Gasteiger partial charge in [0.2, 0.25) is 0 Å². The lowest BCUT2D eigenvalue weighted by molar-refractivity contribution is 0.0695. The fourth-order valence-electron chi connectivity index (χ4n) is 5.13. The molecule has 0 amide bonds. The van der Waals surface area contributed by atoms with Gasteiger partial charge >= 0.3 is 0 Å². The van der Waals surface area contributed by atoms with Gasteiger partial charge in [-0.05, 0) is 73.8 Å². The summed E-state index contributed by atoms with van der Waals surface area (Å²) in [5, 5.41) is 3.56. The van der Waals surface area contributed by atoms with Crippen LogP contribution in [0.4, 0.5) is 0 Å². The van der Waals surface area contributed by atoms with Gasteiger partial charge in [-0.3, -0.25) is 0 Å². The highest BCUT2D eigenvalue weighted by Crippen LogP contribution is 2.45. The summed E-state index contributed by atoms with van der Waals surface area (Å²) in [4.78, 5) is 0. The quantitative estimate of drug-likeness (QED) is 0.754. The average Bonchev–Trinajstić information content (AvgIpc) is 2.39. The molecule has 118 valence electrons. The van der Waals surface area contributed by atoms with Gasteiger partial charge in [0, 0.05) is 0 Å². The summed E-state index contributed by atoms with van der Waals surface area (Å²) < 4.78 is 0. The van der Waals surface area contributed by atoms with E-state index in [1.807, 2.05) is 0 Å². The van der Waals surface area contributed by atoms with E-state index in [9.17, 15) is 0 Å². The molecular weight excluding hydrogens is 242 g/mol. The van der Waals surface area contributed by atoms with Gasteiger partial charge in [-0.1, -0.05) is 47.5 Å². The first-order valence-electron chi connectivity index (χ1n) is 9.11. The van der Waals surface area contributed by atoms with Crippen molar-refractivity contribution in [2.75, 3.05) is 13.1 Å². The highest BCUT2D eigenvalue weighted by Gasteiger charge is 2.37. The van der Waals surface area contributed by atoms with Crippen LogP contribution in [0.3, 0.4) is 0 Å². The molecule has 0 aromatic rings. The number of hydrogen-bond donors (Lipinski definition) is 1. The monoisotopic (exact) mass is 279 g/mol. The number of nitrogens with one attached hydrogen (secondary N) is 1. The topological polar surface area (TPSA) is 12.0 Å². The van der Waals surface area contributed by atoms with Crippen molar-refractivity contribution in [3.8, 4) is 0 Å². The molecule has 2 unspecified atom stereocenters. The van der Waals surface area contributed by atoms with E-state index in [-0.39, 0.29) is 0 Å². The van der Waals surface area contributed by atoms with Crippen LogP contribution in [0.15, 0.2) is 0 Å². The Balaban J connectivity index is 1.85. The molecule has 1 heterocycles. The van der Waals surface area contributed by atoms with E-state index in [1.165, 1.54) is 51.6 Å². The fourth-order valence-corrected chi connectivity index (χ4v) is 5.13. The standard InChI is InChI=1S/C19H37N/c1-14(2)17-8-6-16(7-9-17)12-19(4,5)18-10-11-20-13-15(18)3/h14-18,20H,6-13H2,1-5H3. The van der Waals surface area contributed by atoms with Crippen molar-refractivity contribution >= 4 is 0 Å². The second-order valence-electron chi connectivity index (χ2n) is 8.79. The summed E-state index contributed by atoms with van der Waals surface area (Å²) in [6, 6.07) is 0. The van der Waals surface area contributed by atoms with E-state index >= 15 is 0 Å². The molecule has 0 aromatic carbocycles. The highest BCUT2D eigenvalue weighted by molar-refractivity contribution is 4.89. The third-order valence-corrected chi connectivity index (χ3v) is 6.44. The number of piperidine rings is 1. The van der Waals surface area contributed by atoms with E-state index < -0.39 is 0 Å². The van der Waals surface area contributed by atoms with Crippen LogP contribution in [-0.2, 0) is 0 Å². The molecule has 0 bridgehead atoms. The number of rotatable bonds is 4. The van der Waals surface area contributed by atoms with Crippen molar-refractivity contribution < 1.29 is 0 Å². The van der Waals surface area contributed by atoms with Crippen LogP contribution in [0.25, 0.3) is 0 Å². The summed E-state index contributed by atoms with van der Waals surface area (Å²) in [5.74, 6) is 4.68. The average molecular weight is 280 g/mol. The van der Waals surface area contributed by atoms with Crippen molar-refractivity contribution in [2.45, 2.75) is 73.1 Å². The van der Waals surface area contributed by atoms with Crippen molar-refractivity contribution in [3.63, 3.8) is 0 Å². The predicted octanol–water partition coefficient (Wildman–Crippen LogP) is 5.11. The summed E-state index contributed by atoms with van der Waals surface area (Å²) in [5.41, 5.74) is 0.539. The van der Waals surface area contributed by atoms with Crippen LogP contribution in [0.1, 0.15) is 73.1 Å². The summed E-state index contributed by atoms with van der Waals surface area (Å²) >= 11 is 0. The zero-order valence-corrected chi connectivity index (χ0v) is 14.5. The maximum atomic E-state index is 3.56. The number of hydrogen-bond acceptors (Lipinski definition) is 1. The molecular formula is C19H37N. The molecule has 1 N–H and O–H groups in total. The molecule has 2 rings (SSSR count). The second-order valence-corrected chi connectivity index (χ2v) is 8.79. The molecule has 1 aliphatic carbocycles. The first-order chi connectivity index (χ1) is 9.40. The Morgan fingerprint density at radius 3 is 2.25 bits per heavy atom. The first-order valence-corrected chi connectivity index (χ1v) is 9.11. The molecule has 1 aliphatic heterocycles. The van der Waals surface area contributed by atoms with Gasteiger partial charge < -0.3 is 5.32 Å². The first kappa shape index (κ1) is 16.3. The van der Waals surface area contributed by atoms with Crippen LogP contribution in [-0.4, -0.2) is 13.1 Å². The van der Waals surface area contributed by atoms with E-state index in [0.29, 0.717) is 5.41 Å². The van der Waals surface area contributed by atoms with Gasteiger partial charge in [0.25, 0.3) is 0 Å². The third-order valence-electron chi connectivity index (χ3n) is 6.44. The molecule has 20 heavy (non-hydrogen) atoms. The van der Waals surface area contributed by atoms with Gasteiger partial charge in [-0.2, -0.15) is 0 Å². The largest absolute Gasteiger partial charge is 0.316 e. The molecule has 2 fully saturated rings. The van der Waals surface area contributed by atoms with Gasteiger partial charge in [-0.25, -0.2) is 0 Å². The Bertz CT molecular complexity index is 286. The minimum Gasteiger partial charge on any atom is -0.316 e. The Labute approximate surface area is 127 Å². The summed E-state index contributed by atoms with van der Waals surface area (Å²) in [6.45, 7) is 14.8. The Morgan fingerprint density at radius 1 is 1.05 bits per heavy atom. The van der Waals surface area contributed by atoms with E-state index in [1.54, 1.807) is 0 Å². The molecule has 2 aliphatic rings. The molecule has 1 nitrogen and oxygen atoms in total. The van der Waals surface area contributed by atoms with Gasteiger partial charge in [0.1, 0.15) is 0 Å². The maximum absolute atomic E-state index is 3.56. The van der Waals surface area contributed by atoms with Crippen molar-refractivity contribution in [3.05, 3.63) is 0 Å². The third kappa shape index (κ3) is 4.00. The SMILES string of the molecule is CC(C)C1CCC(CC(C)(C)C2CCNCC2C)CC1. The van der Waals surface area contributed by atoms with E-state index in [2.05, 4.69) is 39.9 Å². The Morgan fingerprint density at radius 2 is 1.70 bits per heavy atom. The molecule has 2 atom stereocenters. The minimum atomic E-state index is 0.539. The summed E-state index contributed by atoms with van der Waals surface area (Å²) in [7, 11) is 0. The molecule has 0 spiro atoms. The Kier molecular flexibility index (Phi) is 5.56. The van der Waals surface area contributed by atoms with Gasteiger partial charge in [0.05, 0.1) is 0 Å². The van der Waals surface area contributed by atoms with Crippen molar-refractivity contribution in [1.29, 1.82) is 0 Å². The van der Waals surface area contributed by atoms with Crippen LogP contribution in [0.2, 0.25) is 0 Å². The molecule has 1 saturated heterocycles. The lowest BCUT2D eigenvalue weighted by Gasteiger charge is -2.44. The molecule has 1 saturated carbocycles. The molecule has 0 aromatic heterocycles. The van der Waals surface area contributed by atoms with Crippen LogP contribution in [0, 0.1) is 35.0 Å². The molecule has 0 radical (unpaired) electrons. The Hall–Kier alpha value is -0.0400. The van der Waals surface area contributed by atoms with Crippen LogP contribution >= 0.6 is 0 Å². The predicted molar refractivity (Wildman–Crippen MR) is 88.8 cm³/mol. The van der Waals surface area contributed by atoms with Crippen LogP contribution in [0.5, 0.6) is 0 Å². The smallest absolute Gasteiger partial charge is 0.00203 e. The summed E-state index contributed by atoms with van der Waals surface area (Å²) in [6.07, 6.45) is 8.81. The van der Waals surface area contributed by atoms with E-state index in [4.69, 9.17) is 0 Å². The van der Waals surface area contributed by atoms with Gasteiger partial charge in [0.15, 0.2) is 0 Å². The lowest BCUT2D eigenvalue weighted by Crippen LogP contribution is -2.42. The second kappa shape index (κ2) is 6.81. The zero-order valence-electron chi connectivity index (χ0n) is 14.5. The zero-order chi connectivity index (χ0) is 14.8. The highest BCUT2D eigenvalue weighted by atomic mass is 14.9. The van der Waals surface area contributed by atoms with Crippen molar-refractivity contribution in [1.82, 2.24) is 5.32 Å². The maximum Gasteiger partial charge on any atom is -0.00203 e. The fraction of sp³-hybridized carbons (Fsp3) is 1.00. The molecule has 1 heteroatoms. The minimum absolute atomic E-state index is 0.539. The van der Waals surface area contributed by atoms with E-state index in [0.717, 1.165) is 29.6 Å². The van der Waals surface area contributed by atoms with Crippen molar-refractivity contribution in [2.24, 2.45) is 35.0 Å². The lowest BCUT2D eigenvalue weighted by atomic mass is 9.63. The van der Waals surface area contributed by atoms with Crippen LogP contribution < -0.4 is 5.32 Å². The van der Waals surface area contributed by atoms with Gasteiger partial charge in [-0.15, -0.1) is 0 Å².